The van der Waals surface area contributed by atoms with Crippen molar-refractivity contribution in [1.82, 2.24) is 15.0 Å². The van der Waals surface area contributed by atoms with Crippen molar-refractivity contribution < 1.29 is 13.6 Å². The molecule has 1 aromatic carbocycles. The summed E-state index contributed by atoms with van der Waals surface area (Å²) in [4.78, 5) is 11.7. The summed E-state index contributed by atoms with van der Waals surface area (Å²) in [7, 11) is 0. The van der Waals surface area contributed by atoms with Crippen LogP contribution in [0, 0.1) is 5.82 Å². The highest BCUT2D eigenvalue weighted by molar-refractivity contribution is 5.96. The Labute approximate surface area is 125 Å². The predicted octanol–water partition coefficient (Wildman–Crippen LogP) is 2.81. The fraction of sp³-hybridized carbons (Fsp3) is 0.133. The smallest absolute Gasteiger partial charge is 0.183 e. The molecule has 0 unspecified atom stereocenters. The van der Waals surface area contributed by atoms with Crippen LogP contribution in [0.1, 0.15) is 23.2 Å². The largest absolute Gasteiger partial charge is 0.467 e. The van der Waals surface area contributed by atoms with Crippen molar-refractivity contribution >= 4 is 11.6 Å². The summed E-state index contributed by atoms with van der Waals surface area (Å²) in [6, 6.07) is 9.35. The zero-order chi connectivity index (χ0) is 15.5. The quantitative estimate of drug-likeness (QED) is 0.733. The maximum atomic E-state index is 13.0. The highest BCUT2D eigenvalue weighted by Gasteiger charge is 2.18. The standard InChI is InChI=1S/C15H13FN4O2/c1-10(21)14-15(17-9-13-3-2-8-22-13)20(19-18-14)12-6-4-11(16)5-7-12/h2-8,17H,9H2,1H3. The van der Waals surface area contributed by atoms with Crippen LogP contribution in [0.5, 0.6) is 0 Å². The van der Waals surface area contributed by atoms with Crippen LogP contribution in [0.3, 0.4) is 0 Å². The SMILES string of the molecule is CC(=O)c1nnn(-c2ccc(F)cc2)c1NCc1ccco1. The van der Waals surface area contributed by atoms with Crippen molar-refractivity contribution in [3.63, 3.8) is 0 Å². The third-order valence-corrected chi connectivity index (χ3v) is 3.09. The Morgan fingerprint density at radius 2 is 2.09 bits per heavy atom. The van der Waals surface area contributed by atoms with Gasteiger partial charge < -0.3 is 9.73 Å². The molecule has 0 aliphatic rings. The number of nitrogens with one attached hydrogen (secondary N) is 1. The Kier molecular flexibility index (Phi) is 3.69. The van der Waals surface area contributed by atoms with Gasteiger partial charge in [0.2, 0.25) is 0 Å². The number of halogens is 1. The average Bonchev–Trinajstić information content (AvgIpc) is 3.15. The fourth-order valence-electron chi connectivity index (χ4n) is 2.02. The minimum atomic E-state index is -0.347. The molecule has 0 spiro atoms. The van der Waals surface area contributed by atoms with Gasteiger partial charge in [-0.1, -0.05) is 5.21 Å². The van der Waals surface area contributed by atoms with Crippen LogP contribution in [-0.2, 0) is 6.54 Å². The fourth-order valence-corrected chi connectivity index (χ4v) is 2.02. The molecule has 0 aliphatic heterocycles. The number of Topliss-reactive ketones (excluding diaryl/α,β-unsaturated/α-hetero) is 1. The molecule has 3 rings (SSSR count). The van der Waals surface area contributed by atoms with Gasteiger partial charge in [-0.05, 0) is 36.4 Å². The van der Waals surface area contributed by atoms with Crippen molar-refractivity contribution in [3.05, 3.63) is 59.9 Å². The number of aromatic nitrogens is 3. The van der Waals surface area contributed by atoms with Crippen LogP contribution in [0.25, 0.3) is 5.69 Å². The van der Waals surface area contributed by atoms with Gasteiger partial charge in [-0.15, -0.1) is 5.10 Å². The Morgan fingerprint density at radius 1 is 1.32 bits per heavy atom. The number of benzene rings is 1. The molecule has 112 valence electrons. The molecule has 22 heavy (non-hydrogen) atoms. The zero-order valence-corrected chi connectivity index (χ0v) is 11.8. The molecule has 1 N–H and O–H groups in total. The van der Waals surface area contributed by atoms with Gasteiger partial charge >= 0.3 is 0 Å². The van der Waals surface area contributed by atoms with Crippen LogP contribution in [0.15, 0.2) is 47.1 Å². The summed E-state index contributed by atoms with van der Waals surface area (Å²) in [5.41, 5.74) is 0.819. The second-order valence-electron chi connectivity index (χ2n) is 4.66. The Bertz CT molecular complexity index is 778. The van der Waals surface area contributed by atoms with Gasteiger partial charge in [0, 0.05) is 6.92 Å². The second-order valence-corrected chi connectivity index (χ2v) is 4.66. The van der Waals surface area contributed by atoms with E-state index in [0.717, 1.165) is 0 Å². The van der Waals surface area contributed by atoms with E-state index < -0.39 is 0 Å². The van der Waals surface area contributed by atoms with Crippen molar-refractivity contribution in [2.75, 3.05) is 5.32 Å². The molecule has 0 saturated heterocycles. The van der Waals surface area contributed by atoms with Gasteiger partial charge in [0.15, 0.2) is 17.3 Å². The molecule has 0 saturated carbocycles. The van der Waals surface area contributed by atoms with Crippen LogP contribution in [-0.4, -0.2) is 20.8 Å². The van der Waals surface area contributed by atoms with Crippen molar-refractivity contribution in [1.29, 1.82) is 0 Å². The summed E-state index contributed by atoms with van der Waals surface area (Å²) in [5.74, 6) is 0.591. The molecule has 2 aromatic heterocycles. The topological polar surface area (TPSA) is 73.0 Å². The summed E-state index contributed by atoms with van der Waals surface area (Å²) >= 11 is 0. The van der Waals surface area contributed by atoms with E-state index in [0.29, 0.717) is 23.8 Å². The molecule has 3 aromatic rings. The van der Waals surface area contributed by atoms with Crippen LogP contribution >= 0.6 is 0 Å². The number of rotatable bonds is 5. The zero-order valence-electron chi connectivity index (χ0n) is 11.8. The van der Waals surface area contributed by atoms with Crippen molar-refractivity contribution in [2.24, 2.45) is 0 Å². The first kappa shape index (κ1) is 14.0. The number of anilines is 1. The Morgan fingerprint density at radius 3 is 2.73 bits per heavy atom. The molecule has 6 nitrogen and oxygen atoms in total. The minimum Gasteiger partial charge on any atom is -0.467 e. The first-order chi connectivity index (χ1) is 10.6. The number of hydrogen-bond acceptors (Lipinski definition) is 5. The van der Waals surface area contributed by atoms with E-state index in [1.807, 2.05) is 6.07 Å². The van der Waals surface area contributed by atoms with Crippen LogP contribution < -0.4 is 5.32 Å². The molecule has 0 aliphatic carbocycles. The lowest BCUT2D eigenvalue weighted by atomic mass is 10.3. The number of carbonyl (C=O) groups is 1. The molecule has 0 fully saturated rings. The molecule has 0 amide bonds. The summed E-state index contributed by atoms with van der Waals surface area (Å²) in [6.07, 6.45) is 1.57. The molecular weight excluding hydrogens is 287 g/mol. The number of furan rings is 1. The number of nitrogens with zero attached hydrogens (tertiary/aromatic N) is 3. The molecule has 0 radical (unpaired) electrons. The minimum absolute atomic E-state index is 0.213. The average molecular weight is 300 g/mol. The second kappa shape index (κ2) is 5.80. The van der Waals surface area contributed by atoms with Gasteiger partial charge in [0.05, 0.1) is 18.5 Å². The lowest BCUT2D eigenvalue weighted by molar-refractivity contribution is 0.101. The summed E-state index contributed by atoms with van der Waals surface area (Å²) < 4.78 is 19.7. The van der Waals surface area contributed by atoms with Gasteiger partial charge in [-0.3, -0.25) is 4.79 Å². The van der Waals surface area contributed by atoms with Crippen molar-refractivity contribution in [3.8, 4) is 5.69 Å². The number of hydrogen-bond donors (Lipinski definition) is 1. The maximum absolute atomic E-state index is 13.0. The van der Waals surface area contributed by atoms with E-state index in [2.05, 4.69) is 15.6 Å². The molecule has 2 heterocycles. The normalized spacial score (nSPS) is 10.6. The van der Waals surface area contributed by atoms with E-state index in [4.69, 9.17) is 4.42 Å². The maximum Gasteiger partial charge on any atom is 0.183 e. The van der Waals surface area contributed by atoms with E-state index in [1.54, 1.807) is 24.5 Å². The van der Waals surface area contributed by atoms with E-state index >= 15 is 0 Å². The molecular formula is C15H13FN4O2. The third kappa shape index (κ3) is 2.73. The number of ketones is 1. The first-order valence-electron chi connectivity index (χ1n) is 6.64. The third-order valence-electron chi connectivity index (χ3n) is 3.09. The monoisotopic (exact) mass is 300 g/mol. The van der Waals surface area contributed by atoms with Gasteiger partial charge in [-0.25, -0.2) is 4.39 Å². The molecule has 0 atom stereocenters. The lowest BCUT2D eigenvalue weighted by Gasteiger charge is -2.09. The van der Waals surface area contributed by atoms with Crippen LogP contribution in [0.4, 0.5) is 10.2 Å². The summed E-state index contributed by atoms with van der Waals surface area (Å²) in [5, 5.41) is 10.9. The lowest BCUT2D eigenvalue weighted by Crippen LogP contribution is -2.09. The highest BCUT2D eigenvalue weighted by atomic mass is 19.1. The number of carbonyl (C=O) groups excluding carboxylic acids is 1. The molecule has 7 heteroatoms. The van der Waals surface area contributed by atoms with Crippen molar-refractivity contribution in [2.45, 2.75) is 13.5 Å². The predicted molar refractivity (Wildman–Crippen MR) is 77.4 cm³/mol. The van der Waals surface area contributed by atoms with Gasteiger partial charge in [0.25, 0.3) is 0 Å². The summed E-state index contributed by atoms with van der Waals surface area (Å²) in [6.45, 7) is 1.79. The van der Waals surface area contributed by atoms with Gasteiger partial charge in [-0.2, -0.15) is 4.68 Å². The van der Waals surface area contributed by atoms with Gasteiger partial charge in [0.1, 0.15) is 11.6 Å². The Balaban J connectivity index is 1.95. The van der Waals surface area contributed by atoms with E-state index in [9.17, 15) is 9.18 Å². The van der Waals surface area contributed by atoms with Crippen LogP contribution in [0.2, 0.25) is 0 Å². The highest BCUT2D eigenvalue weighted by Crippen LogP contribution is 2.20. The molecule has 0 bridgehead atoms. The van der Waals surface area contributed by atoms with E-state index in [-0.39, 0.29) is 17.3 Å². The van der Waals surface area contributed by atoms with E-state index in [1.165, 1.54) is 23.7 Å². The first-order valence-corrected chi connectivity index (χ1v) is 6.64. The Hall–Kier alpha value is -2.96.